The molecule has 3 rings (SSSR count). The number of nitriles is 1. The van der Waals surface area contributed by atoms with Crippen molar-refractivity contribution in [2.75, 3.05) is 0 Å². The van der Waals surface area contributed by atoms with Crippen LogP contribution in [0.2, 0.25) is 0 Å². The van der Waals surface area contributed by atoms with Gasteiger partial charge in [-0.3, -0.25) is 0 Å². The van der Waals surface area contributed by atoms with Crippen LogP contribution in [0.4, 0.5) is 0 Å². The summed E-state index contributed by atoms with van der Waals surface area (Å²) in [6.07, 6.45) is 6.57. The molecule has 0 amide bonds. The lowest BCUT2D eigenvalue weighted by Gasteiger charge is -2.17. The number of allylic oxidation sites excluding steroid dienone is 1. The molecule has 0 radical (unpaired) electrons. The highest BCUT2D eigenvalue weighted by Gasteiger charge is 2.23. The Hall–Kier alpha value is -2.24. The summed E-state index contributed by atoms with van der Waals surface area (Å²) in [5.74, 6) is 0.400. The van der Waals surface area contributed by atoms with E-state index in [-0.39, 0.29) is 0 Å². The van der Waals surface area contributed by atoms with Gasteiger partial charge in [-0.1, -0.05) is 60.7 Å². The van der Waals surface area contributed by atoms with Gasteiger partial charge in [-0.05, 0) is 35.1 Å². The van der Waals surface area contributed by atoms with Gasteiger partial charge in [-0.15, -0.1) is 11.8 Å². The second-order valence-corrected chi connectivity index (χ2v) is 6.46. The first-order chi connectivity index (χ1) is 10.8. The molecule has 2 atom stereocenters. The van der Waals surface area contributed by atoms with Gasteiger partial charge in [0.05, 0.1) is 11.6 Å². The Labute approximate surface area is 136 Å². The molecule has 2 aromatic carbocycles. The molecule has 0 aliphatic carbocycles. The number of aryl methyl sites for hydroxylation is 1. The van der Waals surface area contributed by atoms with Crippen LogP contribution in [0.15, 0.2) is 66.1 Å². The van der Waals surface area contributed by atoms with E-state index in [1.54, 1.807) is 0 Å². The van der Waals surface area contributed by atoms with Crippen molar-refractivity contribution in [1.82, 2.24) is 0 Å². The highest BCUT2D eigenvalue weighted by molar-refractivity contribution is 8.03. The van der Waals surface area contributed by atoms with E-state index in [1.165, 1.54) is 11.1 Å². The summed E-state index contributed by atoms with van der Waals surface area (Å²) < 4.78 is 0. The van der Waals surface area contributed by atoms with Crippen molar-refractivity contribution >= 4 is 17.8 Å². The summed E-state index contributed by atoms with van der Waals surface area (Å²) in [6.45, 7) is 2.16. The highest BCUT2D eigenvalue weighted by atomic mass is 32.2. The molecule has 0 fully saturated rings. The standard InChI is InChI=1S/C20H17NS/c1-15-6-2-5-9-18(15)19-12-13-22-20(19)11-10-16-7-3-4-8-17(16)14-21/h2-13,19-20H,1H3. The molecule has 22 heavy (non-hydrogen) atoms. The topological polar surface area (TPSA) is 23.8 Å². The van der Waals surface area contributed by atoms with Crippen LogP contribution in [0.1, 0.15) is 28.2 Å². The van der Waals surface area contributed by atoms with Crippen molar-refractivity contribution in [3.05, 3.63) is 88.3 Å². The smallest absolute Gasteiger partial charge is 0.0997 e. The molecule has 2 aromatic rings. The minimum Gasteiger partial charge on any atom is -0.192 e. The molecule has 0 spiro atoms. The lowest BCUT2D eigenvalue weighted by Crippen LogP contribution is -2.08. The van der Waals surface area contributed by atoms with Crippen LogP contribution in [-0.4, -0.2) is 5.25 Å². The largest absolute Gasteiger partial charge is 0.192 e. The Balaban J connectivity index is 1.85. The van der Waals surface area contributed by atoms with Crippen molar-refractivity contribution in [2.24, 2.45) is 0 Å². The molecule has 0 aromatic heterocycles. The maximum atomic E-state index is 9.18. The number of hydrogen-bond acceptors (Lipinski definition) is 2. The normalized spacial score (nSPS) is 20.4. The number of nitrogens with zero attached hydrogens (tertiary/aromatic N) is 1. The molecule has 0 bridgehead atoms. The van der Waals surface area contributed by atoms with E-state index in [9.17, 15) is 5.26 Å². The van der Waals surface area contributed by atoms with Gasteiger partial charge in [0, 0.05) is 11.2 Å². The monoisotopic (exact) mass is 303 g/mol. The van der Waals surface area contributed by atoms with E-state index in [2.05, 4.69) is 60.9 Å². The van der Waals surface area contributed by atoms with Gasteiger partial charge in [0.15, 0.2) is 0 Å². The Kier molecular flexibility index (Phi) is 4.46. The molecule has 0 saturated carbocycles. The summed E-state index contributed by atoms with van der Waals surface area (Å²) in [7, 11) is 0. The summed E-state index contributed by atoms with van der Waals surface area (Å²) >= 11 is 1.84. The molecule has 0 N–H and O–H groups in total. The molecule has 108 valence electrons. The zero-order chi connectivity index (χ0) is 15.4. The third-order valence-corrected chi connectivity index (χ3v) is 5.05. The Morgan fingerprint density at radius 3 is 2.68 bits per heavy atom. The van der Waals surface area contributed by atoms with E-state index < -0.39 is 0 Å². The third-order valence-electron chi connectivity index (χ3n) is 3.97. The second-order valence-electron chi connectivity index (χ2n) is 5.37. The number of rotatable bonds is 3. The van der Waals surface area contributed by atoms with Crippen LogP contribution in [0.3, 0.4) is 0 Å². The first-order valence-corrected chi connectivity index (χ1v) is 8.29. The average Bonchev–Trinajstić information content (AvgIpc) is 3.02. The predicted molar refractivity (Wildman–Crippen MR) is 94.6 cm³/mol. The Morgan fingerprint density at radius 2 is 1.86 bits per heavy atom. The molecular formula is C20H17NS. The van der Waals surface area contributed by atoms with Crippen LogP contribution in [-0.2, 0) is 0 Å². The Bertz CT molecular complexity index is 767. The van der Waals surface area contributed by atoms with Crippen LogP contribution in [0, 0.1) is 18.3 Å². The summed E-state index contributed by atoms with van der Waals surface area (Å²) in [5.41, 5.74) is 4.42. The maximum Gasteiger partial charge on any atom is 0.0997 e. The number of benzene rings is 2. The van der Waals surface area contributed by atoms with Crippen molar-refractivity contribution in [3.8, 4) is 6.07 Å². The third kappa shape index (κ3) is 3.00. The van der Waals surface area contributed by atoms with Crippen molar-refractivity contribution < 1.29 is 0 Å². The van der Waals surface area contributed by atoms with Crippen molar-refractivity contribution in [2.45, 2.75) is 18.1 Å². The molecular weight excluding hydrogens is 286 g/mol. The summed E-state index contributed by atoms with van der Waals surface area (Å²) in [5, 5.41) is 11.7. The molecule has 2 unspecified atom stereocenters. The van der Waals surface area contributed by atoms with Gasteiger partial charge >= 0.3 is 0 Å². The van der Waals surface area contributed by atoms with E-state index >= 15 is 0 Å². The zero-order valence-corrected chi connectivity index (χ0v) is 13.3. The predicted octanol–water partition coefficient (Wildman–Crippen LogP) is 5.29. The molecule has 1 nitrogen and oxygen atoms in total. The Morgan fingerprint density at radius 1 is 1.09 bits per heavy atom. The van der Waals surface area contributed by atoms with E-state index in [1.807, 2.05) is 36.0 Å². The zero-order valence-electron chi connectivity index (χ0n) is 12.4. The first-order valence-electron chi connectivity index (χ1n) is 7.34. The van der Waals surface area contributed by atoms with Crippen LogP contribution in [0.5, 0.6) is 0 Å². The minimum absolute atomic E-state index is 0.382. The molecule has 1 aliphatic rings. The van der Waals surface area contributed by atoms with Gasteiger partial charge in [-0.25, -0.2) is 0 Å². The van der Waals surface area contributed by atoms with E-state index in [4.69, 9.17) is 0 Å². The van der Waals surface area contributed by atoms with E-state index in [0.717, 1.165) is 11.1 Å². The lowest BCUT2D eigenvalue weighted by atomic mass is 9.91. The van der Waals surface area contributed by atoms with Crippen molar-refractivity contribution in [1.29, 1.82) is 5.26 Å². The van der Waals surface area contributed by atoms with Gasteiger partial charge in [0.1, 0.15) is 0 Å². The fraction of sp³-hybridized carbons (Fsp3) is 0.150. The quantitative estimate of drug-likeness (QED) is 0.769. The minimum atomic E-state index is 0.382. The first kappa shape index (κ1) is 14.7. The van der Waals surface area contributed by atoms with Gasteiger partial charge in [-0.2, -0.15) is 5.26 Å². The average molecular weight is 303 g/mol. The second kappa shape index (κ2) is 6.68. The van der Waals surface area contributed by atoms with Crippen LogP contribution < -0.4 is 0 Å². The molecule has 2 heteroatoms. The fourth-order valence-corrected chi connectivity index (χ4v) is 3.78. The summed E-state index contributed by atoms with van der Waals surface area (Å²) in [6, 6.07) is 18.5. The number of hydrogen-bond donors (Lipinski definition) is 0. The highest BCUT2D eigenvalue weighted by Crippen LogP contribution is 2.39. The van der Waals surface area contributed by atoms with Crippen LogP contribution >= 0.6 is 11.8 Å². The molecule has 1 aliphatic heterocycles. The summed E-state index contributed by atoms with van der Waals surface area (Å²) in [4.78, 5) is 0. The van der Waals surface area contributed by atoms with Crippen molar-refractivity contribution in [3.63, 3.8) is 0 Å². The van der Waals surface area contributed by atoms with E-state index in [0.29, 0.717) is 11.2 Å². The van der Waals surface area contributed by atoms with Gasteiger partial charge < -0.3 is 0 Å². The van der Waals surface area contributed by atoms with Gasteiger partial charge in [0.2, 0.25) is 0 Å². The van der Waals surface area contributed by atoms with Crippen LogP contribution in [0.25, 0.3) is 6.08 Å². The number of thioether (sulfide) groups is 1. The fourth-order valence-electron chi connectivity index (χ4n) is 2.76. The SMILES string of the molecule is Cc1ccccc1C1C=CSC1C=Cc1ccccc1C#N. The molecule has 1 heterocycles. The molecule has 0 saturated heterocycles. The maximum absolute atomic E-state index is 9.18. The lowest BCUT2D eigenvalue weighted by molar-refractivity contribution is 0.889. The van der Waals surface area contributed by atoms with Gasteiger partial charge in [0.25, 0.3) is 0 Å².